The highest BCUT2D eigenvalue weighted by Crippen LogP contribution is 2.52. The molecule has 0 spiro atoms. The molecule has 0 amide bonds. The summed E-state index contributed by atoms with van der Waals surface area (Å²) in [7, 11) is 0.937. The van der Waals surface area contributed by atoms with E-state index in [1.165, 1.54) is 51.4 Å². The fourth-order valence-corrected chi connectivity index (χ4v) is 4.67. The van der Waals surface area contributed by atoms with Crippen molar-refractivity contribution in [3.05, 3.63) is 24.3 Å². The number of quaternary nitrogens is 1. The highest BCUT2D eigenvalue weighted by atomic mass is 31.2. The Morgan fingerprint density at radius 1 is 0.733 bits per heavy atom. The van der Waals surface area contributed by atoms with Crippen LogP contribution in [0.25, 0.3) is 0 Å². The van der Waals surface area contributed by atoms with Crippen LogP contribution in [-0.2, 0) is 4.57 Å². The van der Waals surface area contributed by atoms with Gasteiger partial charge in [-0.1, -0.05) is 56.9 Å². The average Bonchev–Trinajstić information content (AvgIpc) is 2.62. The van der Waals surface area contributed by atoms with Gasteiger partial charge < -0.3 is 19.4 Å². The van der Waals surface area contributed by atoms with E-state index in [1.807, 2.05) is 21.1 Å². The molecule has 5 nitrogen and oxygen atoms in total. The van der Waals surface area contributed by atoms with E-state index >= 15 is 0 Å². The Hall–Kier alpha value is -0.450. The van der Waals surface area contributed by atoms with Gasteiger partial charge in [-0.05, 0) is 64.2 Å². The van der Waals surface area contributed by atoms with Crippen molar-refractivity contribution >= 4 is 7.60 Å². The van der Waals surface area contributed by atoms with Gasteiger partial charge in [0.25, 0.3) is 0 Å². The third kappa shape index (κ3) is 16.3. The molecule has 0 fully saturated rings. The van der Waals surface area contributed by atoms with Crippen LogP contribution in [0.1, 0.15) is 96.8 Å². The summed E-state index contributed by atoms with van der Waals surface area (Å²) in [6.07, 6.45) is 24.0. The minimum absolute atomic E-state index is 0.0474. The normalized spacial score (nSPS) is 15.3. The van der Waals surface area contributed by atoms with E-state index < -0.39 is 12.9 Å². The summed E-state index contributed by atoms with van der Waals surface area (Å²) >= 11 is 0. The first-order chi connectivity index (χ1) is 14.0. The Labute approximate surface area is 186 Å². The molecule has 0 rings (SSSR count). The summed E-state index contributed by atoms with van der Waals surface area (Å²) < 4.78 is 12.1. The van der Waals surface area contributed by atoms with Gasteiger partial charge in [-0.3, -0.25) is 4.57 Å². The lowest BCUT2D eigenvalue weighted by atomic mass is 10.1. The molecule has 6 heteroatoms. The molecule has 30 heavy (non-hydrogen) atoms. The molecule has 0 aromatic heterocycles. The van der Waals surface area contributed by atoms with Crippen molar-refractivity contribution in [2.45, 2.75) is 102 Å². The van der Waals surface area contributed by atoms with Crippen molar-refractivity contribution in [3.8, 4) is 0 Å². The quantitative estimate of drug-likeness (QED) is 0.0962. The maximum Gasteiger partial charge on any atom is 0.362 e. The summed E-state index contributed by atoms with van der Waals surface area (Å²) in [5, 5.41) is 8.59. The number of aliphatic hydroxyl groups is 1. The largest absolute Gasteiger partial charge is 0.373 e. The summed E-state index contributed by atoms with van der Waals surface area (Å²) in [4.78, 5) is 19.1. The van der Waals surface area contributed by atoms with Crippen molar-refractivity contribution < 1.29 is 23.9 Å². The molecule has 0 saturated heterocycles. The van der Waals surface area contributed by atoms with Crippen LogP contribution in [0.15, 0.2) is 24.3 Å². The van der Waals surface area contributed by atoms with Crippen LogP contribution in [-0.4, -0.2) is 52.4 Å². The van der Waals surface area contributed by atoms with Gasteiger partial charge in [-0.25, -0.2) is 0 Å². The van der Waals surface area contributed by atoms with Crippen LogP contribution in [0.5, 0.6) is 0 Å². The summed E-state index contributed by atoms with van der Waals surface area (Å²) in [6.45, 7) is 2.29. The average molecular weight is 447 g/mol. The van der Waals surface area contributed by atoms with Gasteiger partial charge in [0, 0.05) is 0 Å². The van der Waals surface area contributed by atoms with E-state index in [0.717, 1.165) is 25.7 Å². The number of hydrogen-bond acceptors (Lipinski definition) is 2. The van der Waals surface area contributed by atoms with Crippen LogP contribution < -0.4 is 0 Å². The molecule has 0 aromatic carbocycles. The van der Waals surface area contributed by atoms with Gasteiger partial charge in [0.1, 0.15) is 6.54 Å². The van der Waals surface area contributed by atoms with Gasteiger partial charge in [0.2, 0.25) is 5.34 Å². The number of nitrogens with zero attached hydrogens (tertiary/aromatic N) is 1. The third-order valence-electron chi connectivity index (χ3n) is 5.27. The van der Waals surface area contributed by atoms with Crippen LogP contribution in [0.3, 0.4) is 0 Å². The van der Waals surface area contributed by atoms with Gasteiger partial charge in [-0.2, -0.15) is 0 Å². The molecule has 0 aliphatic rings. The van der Waals surface area contributed by atoms with Crippen molar-refractivity contribution in [2.24, 2.45) is 0 Å². The van der Waals surface area contributed by atoms with Crippen molar-refractivity contribution in [1.82, 2.24) is 0 Å². The van der Waals surface area contributed by atoms with E-state index in [1.54, 1.807) is 0 Å². The second-order valence-corrected chi connectivity index (χ2v) is 11.6. The Kier molecular flexibility index (Phi) is 16.0. The lowest BCUT2D eigenvalue weighted by molar-refractivity contribution is -0.875. The number of unbranched alkanes of at least 4 members (excludes halogenated alkanes) is 10. The van der Waals surface area contributed by atoms with Crippen LogP contribution in [0.2, 0.25) is 0 Å². The lowest BCUT2D eigenvalue weighted by Gasteiger charge is -2.35. The monoisotopic (exact) mass is 446 g/mol. The summed E-state index contributed by atoms with van der Waals surface area (Å²) in [5.74, 6) is 0. The minimum atomic E-state index is -4.55. The summed E-state index contributed by atoms with van der Waals surface area (Å²) in [5.41, 5.74) is 0. The molecule has 1 atom stereocenters. The Morgan fingerprint density at radius 2 is 1.13 bits per heavy atom. The smallest absolute Gasteiger partial charge is 0.362 e. The number of likely N-dealkylation sites (N-methyl/N-ethyl adjacent to an activating group) is 1. The van der Waals surface area contributed by atoms with Gasteiger partial charge in [-0.15, -0.1) is 0 Å². The number of rotatable bonds is 19. The molecular formula is C24H49NO4P+. The van der Waals surface area contributed by atoms with Gasteiger partial charge >= 0.3 is 7.60 Å². The molecule has 0 aromatic rings. The first kappa shape index (κ1) is 29.5. The standard InChI is InChI=1S/C24H48NO4P/c1-5-6-7-8-9-10-11-12-13-14-15-16-17-18-19-20-21-22-24(26,30(27,28)29)23-25(2,3)4/h9-10,16-17,26H,5-8,11-15,18-23H2,1-4H3,(H-,27,28,29)/p+1/b10-9-,17-16-. The SMILES string of the molecule is CCCCC/C=C\CCCCC/C=C\CCCCCC(O)(C[N+](C)(C)C)P(=O)(O)O. The molecular weight excluding hydrogens is 397 g/mol. The Bertz CT molecular complexity index is 522. The van der Waals surface area contributed by atoms with Gasteiger partial charge in [0.05, 0.1) is 21.1 Å². The van der Waals surface area contributed by atoms with Crippen molar-refractivity contribution in [2.75, 3.05) is 27.7 Å². The Morgan fingerprint density at radius 3 is 1.50 bits per heavy atom. The predicted octanol–water partition coefficient (Wildman–Crippen LogP) is 6.15. The Balaban J connectivity index is 3.76. The second-order valence-electron chi connectivity index (χ2n) is 9.65. The third-order valence-corrected chi connectivity index (χ3v) is 6.72. The first-order valence-corrected chi connectivity index (χ1v) is 13.5. The molecule has 1 unspecified atom stereocenters. The topological polar surface area (TPSA) is 77.8 Å². The molecule has 0 bridgehead atoms. The summed E-state index contributed by atoms with van der Waals surface area (Å²) in [6, 6.07) is 0. The molecule has 178 valence electrons. The van der Waals surface area contributed by atoms with Gasteiger partial charge in [0.15, 0.2) is 0 Å². The number of hydrogen-bond donors (Lipinski definition) is 3. The van der Waals surface area contributed by atoms with E-state index in [0.29, 0.717) is 10.9 Å². The lowest BCUT2D eigenvalue weighted by Crippen LogP contribution is -2.49. The molecule has 0 aliphatic heterocycles. The number of allylic oxidation sites excluding steroid dienone is 4. The van der Waals surface area contributed by atoms with E-state index in [9.17, 15) is 19.5 Å². The van der Waals surface area contributed by atoms with E-state index in [2.05, 4.69) is 31.2 Å². The van der Waals surface area contributed by atoms with Crippen molar-refractivity contribution in [1.29, 1.82) is 0 Å². The molecule has 0 radical (unpaired) electrons. The second kappa shape index (κ2) is 16.2. The van der Waals surface area contributed by atoms with Crippen molar-refractivity contribution in [3.63, 3.8) is 0 Å². The molecule has 0 aliphatic carbocycles. The fraction of sp³-hybridized carbons (Fsp3) is 0.833. The fourth-order valence-electron chi connectivity index (χ4n) is 3.61. The van der Waals surface area contributed by atoms with E-state index in [4.69, 9.17) is 0 Å². The molecule has 0 heterocycles. The minimum Gasteiger partial charge on any atom is -0.373 e. The maximum atomic E-state index is 11.8. The van der Waals surface area contributed by atoms with Crippen LogP contribution in [0.4, 0.5) is 0 Å². The first-order valence-electron chi connectivity index (χ1n) is 11.9. The van der Waals surface area contributed by atoms with E-state index in [-0.39, 0.29) is 13.0 Å². The zero-order valence-corrected chi connectivity index (χ0v) is 21.0. The molecule has 0 saturated carbocycles. The highest BCUT2D eigenvalue weighted by molar-refractivity contribution is 7.53. The highest BCUT2D eigenvalue weighted by Gasteiger charge is 2.48. The zero-order chi connectivity index (χ0) is 22.9. The van der Waals surface area contributed by atoms with Crippen LogP contribution in [0, 0.1) is 0 Å². The maximum absolute atomic E-state index is 11.8. The zero-order valence-electron chi connectivity index (χ0n) is 20.1. The van der Waals surface area contributed by atoms with Crippen LogP contribution >= 0.6 is 7.60 Å². The molecule has 3 N–H and O–H groups in total. The predicted molar refractivity (Wildman–Crippen MR) is 128 cm³/mol.